The van der Waals surface area contributed by atoms with E-state index in [-0.39, 0.29) is 15.6 Å². The molecule has 0 saturated carbocycles. The number of cyclic esters (lactones) is 1. The highest BCUT2D eigenvalue weighted by Gasteiger charge is 2.47. The summed E-state index contributed by atoms with van der Waals surface area (Å²) < 4.78 is 12.2. The van der Waals surface area contributed by atoms with Gasteiger partial charge in [-0.2, -0.15) is 0 Å². The van der Waals surface area contributed by atoms with Crippen LogP contribution in [-0.4, -0.2) is 37.6 Å². The van der Waals surface area contributed by atoms with Crippen molar-refractivity contribution in [2.75, 3.05) is 6.54 Å². The Bertz CT molecular complexity index is 781. The van der Waals surface area contributed by atoms with Crippen LogP contribution in [-0.2, 0) is 14.3 Å². The lowest BCUT2D eigenvalue weighted by Gasteiger charge is -2.44. The van der Waals surface area contributed by atoms with Crippen LogP contribution in [0.15, 0.2) is 36.2 Å². The number of amides is 1. The molecule has 0 aromatic heterocycles. The lowest BCUT2D eigenvalue weighted by Crippen LogP contribution is -2.50. The van der Waals surface area contributed by atoms with Gasteiger partial charge in [0.2, 0.25) is 0 Å². The summed E-state index contributed by atoms with van der Waals surface area (Å²) in [5, 5.41) is -0.199. The number of esters is 2. The first kappa shape index (κ1) is 15.4. The van der Waals surface area contributed by atoms with E-state index >= 15 is 0 Å². The van der Waals surface area contributed by atoms with Crippen molar-refractivity contribution >= 4 is 40.9 Å². The first-order valence-corrected chi connectivity index (χ1v) is 8.96. The number of hydrogen-bond acceptors (Lipinski definition) is 8. The van der Waals surface area contributed by atoms with E-state index in [9.17, 15) is 14.4 Å². The minimum Gasteiger partial charge on any atom is -0.417 e. The highest BCUT2D eigenvalue weighted by atomic mass is 32.2. The molecule has 24 heavy (non-hydrogen) atoms. The molecule has 1 aromatic carbocycles. The van der Waals surface area contributed by atoms with E-state index < -0.39 is 18.2 Å². The van der Waals surface area contributed by atoms with Crippen molar-refractivity contribution in [3.05, 3.63) is 47.3 Å². The number of ether oxygens (including phenoxy) is 2. The summed E-state index contributed by atoms with van der Waals surface area (Å²) in [5.41, 5.74) is 1.05. The van der Waals surface area contributed by atoms with Gasteiger partial charge in [-0.05, 0) is 36.7 Å². The largest absolute Gasteiger partial charge is 0.417 e. The highest BCUT2D eigenvalue weighted by molar-refractivity contribution is 8.26. The molecule has 4 rings (SSSR count). The van der Waals surface area contributed by atoms with Crippen molar-refractivity contribution in [2.24, 2.45) is 0 Å². The summed E-state index contributed by atoms with van der Waals surface area (Å²) in [6, 6.07) is 6.75. The van der Waals surface area contributed by atoms with Gasteiger partial charge in [-0.3, -0.25) is 9.69 Å². The van der Waals surface area contributed by atoms with Gasteiger partial charge in [0, 0.05) is 18.3 Å². The normalized spacial score (nSPS) is 24.6. The van der Waals surface area contributed by atoms with Crippen LogP contribution in [0.1, 0.15) is 29.1 Å². The smallest absolute Gasteiger partial charge is 0.360 e. The van der Waals surface area contributed by atoms with Gasteiger partial charge in [-0.1, -0.05) is 18.2 Å². The second-order valence-corrected chi connectivity index (χ2v) is 7.60. The van der Waals surface area contributed by atoms with E-state index in [2.05, 4.69) is 0 Å². The SMILES string of the molecule is CCN1C=C(C(=O)OC2OC(=O)c3ccccc32)N2C(=O)S[C@@H]2S1. The average Bonchev–Trinajstić information content (AvgIpc) is 2.89. The minimum absolute atomic E-state index is 0.157. The number of thioether (sulfide) groups is 1. The third-order valence-corrected chi connectivity index (χ3v) is 6.13. The zero-order valence-electron chi connectivity index (χ0n) is 12.5. The molecule has 3 aliphatic rings. The van der Waals surface area contributed by atoms with Crippen LogP contribution in [0.2, 0.25) is 0 Å². The standard InChI is InChI=1S/C15H12N2O5S2/c1-2-16-7-10(17-14(20)23-15(17)24-16)12(19)22-13-9-6-4-3-5-8(9)11(18)21-13/h3-7,13,15H,2H2,1H3/t13?,15-/m1/s1. The topological polar surface area (TPSA) is 76.2 Å². The number of fused-ring (bicyclic) bond motifs is 2. The predicted molar refractivity (Wildman–Crippen MR) is 87.4 cm³/mol. The van der Waals surface area contributed by atoms with E-state index in [0.29, 0.717) is 17.7 Å². The van der Waals surface area contributed by atoms with Gasteiger partial charge < -0.3 is 13.8 Å². The van der Waals surface area contributed by atoms with E-state index in [1.165, 1.54) is 16.8 Å². The van der Waals surface area contributed by atoms with Gasteiger partial charge in [0.25, 0.3) is 11.5 Å². The maximum absolute atomic E-state index is 12.5. The Labute approximate surface area is 146 Å². The summed E-state index contributed by atoms with van der Waals surface area (Å²) in [6.07, 6.45) is 0.498. The van der Waals surface area contributed by atoms with E-state index in [1.807, 2.05) is 11.2 Å². The molecule has 3 heterocycles. The zero-order chi connectivity index (χ0) is 16.8. The molecule has 3 aliphatic heterocycles. The Kier molecular flexibility index (Phi) is 3.69. The van der Waals surface area contributed by atoms with Crippen molar-refractivity contribution in [1.82, 2.24) is 9.21 Å². The van der Waals surface area contributed by atoms with Crippen LogP contribution >= 0.6 is 23.7 Å². The fourth-order valence-electron chi connectivity index (χ4n) is 2.53. The lowest BCUT2D eigenvalue weighted by molar-refractivity contribution is -0.164. The Morgan fingerprint density at radius 2 is 2.12 bits per heavy atom. The van der Waals surface area contributed by atoms with Crippen molar-refractivity contribution < 1.29 is 23.9 Å². The molecule has 0 aliphatic carbocycles. The van der Waals surface area contributed by atoms with Crippen LogP contribution in [0.3, 0.4) is 0 Å². The minimum atomic E-state index is -1.09. The molecular formula is C15H12N2O5S2. The van der Waals surface area contributed by atoms with Crippen LogP contribution < -0.4 is 0 Å². The maximum atomic E-state index is 12.5. The molecule has 124 valence electrons. The lowest BCUT2D eigenvalue weighted by atomic mass is 10.1. The first-order chi connectivity index (χ1) is 11.6. The molecule has 0 bridgehead atoms. The van der Waals surface area contributed by atoms with Gasteiger partial charge in [-0.15, -0.1) is 0 Å². The summed E-state index contributed by atoms with van der Waals surface area (Å²) in [5.74, 6) is -1.22. The van der Waals surface area contributed by atoms with E-state index in [0.717, 1.165) is 11.8 Å². The molecule has 0 spiro atoms. The molecule has 0 radical (unpaired) electrons. The molecule has 1 unspecified atom stereocenters. The summed E-state index contributed by atoms with van der Waals surface area (Å²) in [4.78, 5) is 37.5. The number of rotatable bonds is 3. The molecule has 7 nitrogen and oxygen atoms in total. The third-order valence-electron chi connectivity index (χ3n) is 3.74. The third kappa shape index (κ3) is 2.35. The number of nitrogens with zero attached hydrogens (tertiary/aromatic N) is 2. The van der Waals surface area contributed by atoms with Crippen molar-refractivity contribution in [3.8, 4) is 0 Å². The van der Waals surface area contributed by atoms with E-state index in [1.54, 1.807) is 30.5 Å². The maximum Gasteiger partial charge on any atom is 0.360 e. The number of carbonyl (C=O) groups excluding carboxylic acids is 3. The average molecular weight is 364 g/mol. The molecule has 9 heteroatoms. The molecule has 2 atom stereocenters. The Hall–Kier alpha value is -2.13. The van der Waals surface area contributed by atoms with Crippen LogP contribution in [0.4, 0.5) is 4.79 Å². The number of carbonyl (C=O) groups is 3. The Balaban J connectivity index is 1.57. The molecule has 1 aromatic rings. The molecule has 1 fully saturated rings. The Morgan fingerprint density at radius 1 is 1.33 bits per heavy atom. The quantitative estimate of drug-likeness (QED) is 0.599. The highest BCUT2D eigenvalue weighted by Crippen LogP contribution is 2.47. The second kappa shape index (κ2) is 5.75. The monoisotopic (exact) mass is 364 g/mol. The fourth-order valence-corrected chi connectivity index (χ4v) is 4.84. The van der Waals surface area contributed by atoms with Crippen molar-refractivity contribution in [2.45, 2.75) is 17.9 Å². The molecular weight excluding hydrogens is 352 g/mol. The second-order valence-electron chi connectivity index (χ2n) is 5.14. The number of benzene rings is 1. The zero-order valence-corrected chi connectivity index (χ0v) is 14.1. The van der Waals surface area contributed by atoms with Gasteiger partial charge in [0.15, 0.2) is 4.71 Å². The van der Waals surface area contributed by atoms with Crippen molar-refractivity contribution in [1.29, 1.82) is 0 Å². The molecule has 0 N–H and O–H groups in total. The van der Waals surface area contributed by atoms with Crippen LogP contribution in [0.25, 0.3) is 0 Å². The molecule has 1 saturated heterocycles. The van der Waals surface area contributed by atoms with Crippen LogP contribution in [0.5, 0.6) is 0 Å². The van der Waals surface area contributed by atoms with Gasteiger partial charge >= 0.3 is 11.9 Å². The molecule has 1 amide bonds. The van der Waals surface area contributed by atoms with E-state index in [4.69, 9.17) is 9.47 Å². The summed E-state index contributed by atoms with van der Waals surface area (Å²) >= 11 is 2.63. The summed E-state index contributed by atoms with van der Waals surface area (Å²) in [6.45, 7) is 2.63. The first-order valence-electron chi connectivity index (χ1n) is 7.24. The fraction of sp³-hybridized carbons (Fsp3) is 0.267. The van der Waals surface area contributed by atoms with Gasteiger partial charge in [-0.25, -0.2) is 9.59 Å². The Morgan fingerprint density at radius 3 is 2.88 bits per heavy atom. The van der Waals surface area contributed by atoms with Crippen molar-refractivity contribution in [3.63, 3.8) is 0 Å². The van der Waals surface area contributed by atoms with Gasteiger partial charge in [0.1, 0.15) is 5.70 Å². The van der Waals surface area contributed by atoms with Crippen LogP contribution in [0, 0.1) is 0 Å². The number of hydrogen-bond donors (Lipinski definition) is 0. The summed E-state index contributed by atoms with van der Waals surface area (Å²) in [7, 11) is 0. The predicted octanol–water partition coefficient (Wildman–Crippen LogP) is 2.68. The van der Waals surface area contributed by atoms with Gasteiger partial charge in [0.05, 0.1) is 5.56 Å².